The minimum absolute atomic E-state index is 0.0917. The highest BCUT2D eigenvalue weighted by molar-refractivity contribution is 5.94. The number of carbonyl (C=O) groups is 1. The molecule has 26 heavy (non-hydrogen) atoms. The third-order valence-electron chi connectivity index (χ3n) is 4.03. The van der Waals surface area contributed by atoms with Crippen molar-refractivity contribution >= 4 is 5.91 Å². The van der Waals surface area contributed by atoms with Crippen LogP contribution in [0.15, 0.2) is 67.3 Å². The normalized spacial score (nSPS) is 12.0. The van der Waals surface area contributed by atoms with Crippen LogP contribution in [-0.4, -0.2) is 21.6 Å². The Bertz CT molecular complexity index is 838. The molecule has 1 atom stereocenters. The molecule has 0 saturated carbocycles. The van der Waals surface area contributed by atoms with E-state index in [1.54, 1.807) is 24.7 Å². The summed E-state index contributed by atoms with van der Waals surface area (Å²) in [6, 6.07) is 15.2. The van der Waals surface area contributed by atoms with E-state index in [1.165, 1.54) is 0 Å². The minimum Gasteiger partial charge on any atom is -0.491 e. The molecule has 2 aromatic carbocycles. The van der Waals surface area contributed by atoms with E-state index in [9.17, 15) is 4.79 Å². The van der Waals surface area contributed by atoms with Gasteiger partial charge in [0.05, 0.1) is 18.5 Å². The number of carbonyl (C=O) groups excluding carboxylic acids is 1. The summed E-state index contributed by atoms with van der Waals surface area (Å²) in [5, 5.41) is 3.03. The van der Waals surface area contributed by atoms with Gasteiger partial charge in [0.2, 0.25) is 0 Å². The van der Waals surface area contributed by atoms with Crippen LogP contribution in [0.3, 0.4) is 0 Å². The number of nitrogens with zero attached hydrogens (tertiary/aromatic N) is 2. The van der Waals surface area contributed by atoms with Gasteiger partial charge in [-0.3, -0.25) is 4.79 Å². The van der Waals surface area contributed by atoms with E-state index in [0.29, 0.717) is 5.56 Å². The fraction of sp³-hybridized carbons (Fsp3) is 0.238. The summed E-state index contributed by atoms with van der Waals surface area (Å²) in [4.78, 5) is 16.5. The Hall–Kier alpha value is -3.08. The van der Waals surface area contributed by atoms with E-state index in [-0.39, 0.29) is 18.1 Å². The third-order valence-corrected chi connectivity index (χ3v) is 4.03. The molecular weight excluding hydrogens is 326 g/mol. The number of rotatable bonds is 6. The molecule has 0 fully saturated rings. The van der Waals surface area contributed by atoms with E-state index >= 15 is 0 Å². The zero-order valence-electron chi connectivity index (χ0n) is 15.2. The lowest BCUT2D eigenvalue weighted by Gasteiger charge is -2.15. The smallest absolute Gasteiger partial charge is 0.251 e. The first kappa shape index (κ1) is 17.7. The van der Waals surface area contributed by atoms with Crippen molar-refractivity contribution in [3.63, 3.8) is 0 Å². The van der Waals surface area contributed by atoms with Crippen LogP contribution in [0.25, 0.3) is 5.69 Å². The van der Waals surface area contributed by atoms with Gasteiger partial charge in [-0.15, -0.1) is 0 Å². The lowest BCUT2D eigenvalue weighted by atomic mass is 10.1. The van der Waals surface area contributed by atoms with Gasteiger partial charge < -0.3 is 14.6 Å². The van der Waals surface area contributed by atoms with Crippen LogP contribution in [0, 0.1) is 0 Å². The van der Waals surface area contributed by atoms with Crippen molar-refractivity contribution in [1.29, 1.82) is 0 Å². The second-order valence-electron chi connectivity index (χ2n) is 6.45. The summed E-state index contributed by atoms with van der Waals surface area (Å²) >= 11 is 0. The van der Waals surface area contributed by atoms with Crippen molar-refractivity contribution in [2.45, 2.75) is 32.9 Å². The van der Waals surface area contributed by atoms with Gasteiger partial charge in [0.1, 0.15) is 5.75 Å². The SMILES string of the molecule is CC(C)Oc1ccc(C(=O)NC(C)c2ccc(-n3ccnc3)cc2)cc1. The summed E-state index contributed by atoms with van der Waals surface area (Å²) in [6.07, 6.45) is 5.51. The molecule has 1 N–H and O–H groups in total. The van der Waals surface area contributed by atoms with Crippen LogP contribution in [0.2, 0.25) is 0 Å². The van der Waals surface area contributed by atoms with Crippen molar-refractivity contribution < 1.29 is 9.53 Å². The maximum Gasteiger partial charge on any atom is 0.251 e. The fourth-order valence-electron chi connectivity index (χ4n) is 2.67. The van der Waals surface area contributed by atoms with E-state index < -0.39 is 0 Å². The lowest BCUT2D eigenvalue weighted by Crippen LogP contribution is -2.26. The average molecular weight is 349 g/mol. The minimum atomic E-state index is -0.104. The maximum atomic E-state index is 12.5. The number of benzene rings is 2. The van der Waals surface area contributed by atoms with E-state index in [0.717, 1.165) is 17.0 Å². The molecule has 0 aliphatic carbocycles. The van der Waals surface area contributed by atoms with Crippen molar-refractivity contribution in [3.05, 3.63) is 78.4 Å². The Morgan fingerprint density at radius 2 is 1.73 bits per heavy atom. The molecule has 5 nitrogen and oxygen atoms in total. The Morgan fingerprint density at radius 1 is 1.04 bits per heavy atom. The molecule has 1 amide bonds. The highest BCUT2D eigenvalue weighted by Gasteiger charge is 2.12. The number of imidazole rings is 1. The number of aromatic nitrogens is 2. The summed E-state index contributed by atoms with van der Waals surface area (Å²) in [5.41, 5.74) is 2.69. The molecule has 0 aliphatic heterocycles. The van der Waals surface area contributed by atoms with Crippen molar-refractivity contribution in [2.75, 3.05) is 0 Å². The van der Waals surface area contributed by atoms with Gasteiger partial charge in [-0.05, 0) is 62.7 Å². The molecule has 1 unspecified atom stereocenters. The number of amides is 1. The van der Waals surface area contributed by atoms with Gasteiger partial charge in [0, 0.05) is 23.6 Å². The summed E-state index contributed by atoms with van der Waals surface area (Å²) < 4.78 is 7.54. The van der Waals surface area contributed by atoms with Crippen LogP contribution < -0.4 is 10.1 Å². The molecule has 3 aromatic rings. The predicted molar refractivity (Wildman–Crippen MR) is 102 cm³/mol. The number of hydrogen-bond donors (Lipinski definition) is 1. The molecular formula is C21H23N3O2. The van der Waals surface area contributed by atoms with Crippen molar-refractivity contribution in [2.24, 2.45) is 0 Å². The fourth-order valence-corrected chi connectivity index (χ4v) is 2.67. The Morgan fingerprint density at radius 3 is 2.31 bits per heavy atom. The largest absolute Gasteiger partial charge is 0.491 e. The molecule has 134 valence electrons. The van der Waals surface area contributed by atoms with Crippen molar-refractivity contribution in [3.8, 4) is 11.4 Å². The van der Waals surface area contributed by atoms with Gasteiger partial charge >= 0.3 is 0 Å². The first-order valence-electron chi connectivity index (χ1n) is 8.69. The van der Waals surface area contributed by atoms with Crippen LogP contribution in [-0.2, 0) is 0 Å². The molecule has 1 aromatic heterocycles. The molecule has 0 spiro atoms. The van der Waals surface area contributed by atoms with Crippen LogP contribution in [0.4, 0.5) is 0 Å². The van der Waals surface area contributed by atoms with Gasteiger partial charge in [-0.1, -0.05) is 12.1 Å². The second kappa shape index (κ2) is 7.87. The first-order chi connectivity index (χ1) is 12.5. The predicted octanol–water partition coefficient (Wildman–Crippen LogP) is 4.15. The molecule has 1 heterocycles. The summed E-state index contributed by atoms with van der Waals surface area (Å²) in [5.74, 6) is 0.659. The Labute approximate surface area is 153 Å². The molecule has 5 heteroatoms. The van der Waals surface area contributed by atoms with Gasteiger partial charge in [0.15, 0.2) is 0 Å². The number of nitrogens with one attached hydrogen (secondary N) is 1. The highest BCUT2D eigenvalue weighted by Crippen LogP contribution is 2.18. The average Bonchev–Trinajstić information content (AvgIpc) is 3.16. The quantitative estimate of drug-likeness (QED) is 0.727. The topological polar surface area (TPSA) is 56.1 Å². The lowest BCUT2D eigenvalue weighted by molar-refractivity contribution is 0.0940. The summed E-state index contributed by atoms with van der Waals surface area (Å²) in [7, 11) is 0. The Kier molecular flexibility index (Phi) is 5.37. The third kappa shape index (κ3) is 4.30. The van der Waals surface area contributed by atoms with Crippen molar-refractivity contribution in [1.82, 2.24) is 14.9 Å². The van der Waals surface area contributed by atoms with Gasteiger partial charge in [0.25, 0.3) is 5.91 Å². The standard InChI is InChI=1S/C21H23N3O2/c1-15(2)26-20-10-6-18(7-11-20)21(25)23-16(3)17-4-8-19(9-5-17)24-13-12-22-14-24/h4-16H,1-3H3,(H,23,25). The summed E-state index contributed by atoms with van der Waals surface area (Å²) in [6.45, 7) is 5.92. The van der Waals surface area contributed by atoms with Crippen LogP contribution in [0.1, 0.15) is 42.7 Å². The molecule has 0 saturated heterocycles. The first-order valence-corrected chi connectivity index (χ1v) is 8.69. The zero-order valence-corrected chi connectivity index (χ0v) is 15.2. The zero-order chi connectivity index (χ0) is 18.5. The molecule has 3 rings (SSSR count). The monoisotopic (exact) mass is 349 g/mol. The van der Waals surface area contributed by atoms with E-state index in [2.05, 4.69) is 10.3 Å². The maximum absolute atomic E-state index is 12.5. The van der Waals surface area contributed by atoms with Crippen LogP contribution >= 0.6 is 0 Å². The van der Waals surface area contributed by atoms with Crippen LogP contribution in [0.5, 0.6) is 5.75 Å². The highest BCUT2D eigenvalue weighted by atomic mass is 16.5. The van der Waals surface area contributed by atoms with E-state index in [1.807, 2.05) is 67.9 Å². The number of ether oxygens (including phenoxy) is 1. The molecule has 0 bridgehead atoms. The molecule has 0 aliphatic rings. The molecule has 0 radical (unpaired) electrons. The van der Waals surface area contributed by atoms with E-state index in [4.69, 9.17) is 4.74 Å². The van der Waals surface area contributed by atoms with Gasteiger partial charge in [-0.2, -0.15) is 0 Å². The number of hydrogen-bond acceptors (Lipinski definition) is 3. The second-order valence-corrected chi connectivity index (χ2v) is 6.45. The van der Waals surface area contributed by atoms with Gasteiger partial charge in [-0.25, -0.2) is 4.98 Å². The Balaban J connectivity index is 1.63.